The van der Waals surface area contributed by atoms with E-state index in [0.717, 1.165) is 24.4 Å². The Morgan fingerprint density at radius 3 is 2.30 bits per heavy atom. The quantitative estimate of drug-likeness (QED) is 0.873. The average molecular weight is 290 g/mol. The molecule has 1 aliphatic rings. The number of rotatable bonds is 4. The molecule has 1 saturated carbocycles. The number of hydrogen-bond donors (Lipinski definition) is 1. The van der Waals surface area contributed by atoms with Crippen molar-refractivity contribution in [2.75, 3.05) is 0 Å². The second-order valence-corrected chi connectivity index (χ2v) is 5.86. The second-order valence-electron chi connectivity index (χ2n) is 5.42. The van der Waals surface area contributed by atoms with Gasteiger partial charge in [-0.05, 0) is 54.2 Å². The van der Waals surface area contributed by atoms with Crippen LogP contribution in [0.2, 0.25) is 5.02 Å². The highest BCUT2D eigenvalue weighted by atomic mass is 35.5. The minimum atomic E-state index is -0.162. The molecule has 0 amide bonds. The lowest BCUT2D eigenvalue weighted by Gasteiger charge is -2.36. The van der Waals surface area contributed by atoms with Gasteiger partial charge >= 0.3 is 0 Å². The van der Waals surface area contributed by atoms with Crippen molar-refractivity contribution < 1.29 is 4.39 Å². The molecule has 0 bridgehead atoms. The predicted octanol–water partition coefficient (Wildman–Crippen LogP) is 4.51. The molecule has 1 fully saturated rings. The van der Waals surface area contributed by atoms with Crippen LogP contribution in [-0.2, 0) is 6.54 Å². The monoisotopic (exact) mass is 289 g/mol. The second kappa shape index (κ2) is 5.94. The Kier molecular flexibility index (Phi) is 4.04. The molecule has 0 heterocycles. The first-order valence-electron chi connectivity index (χ1n) is 6.94. The van der Waals surface area contributed by atoms with E-state index in [4.69, 9.17) is 11.6 Å². The topological polar surface area (TPSA) is 12.0 Å². The summed E-state index contributed by atoms with van der Waals surface area (Å²) in [6, 6.07) is 15.4. The summed E-state index contributed by atoms with van der Waals surface area (Å²) in [5.74, 6) is 0.406. The van der Waals surface area contributed by atoms with E-state index in [1.165, 1.54) is 11.1 Å². The highest BCUT2D eigenvalue weighted by Gasteiger charge is 2.29. The lowest BCUT2D eigenvalue weighted by atomic mass is 9.76. The van der Waals surface area contributed by atoms with E-state index in [-0.39, 0.29) is 5.82 Å². The van der Waals surface area contributed by atoms with E-state index in [2.05, 4.69) is 5.32 Å². The molecular weight excluding hydrogens is 273 g/mol. The number of nitrogens with one attached hydrogen (secondary N) is 1. The van der Waals surface area contributed by atoms with Crippen LogP contribution in [-0.4, -0.2) is 6.04 Å². The minimum absolute atomic E-state index is 0.162. The first kappa shape index (κ1) is 13.6. The van der Waals surface area contributed by atoms with Gasteiger partial charge in [0.1, 0.15) is 5.82 Å². The van der Waals surface area contributed by atoms with Gasteiger partial charge in [0.15, 0.2) is 0 Å². The molecule has 0 aliphatic heterocycles. The Bertz CT molecular complexity index is 556. The number of benzene rings is 2. The first-order valence-corrected chi connectivity index (χ1v) is 7.32. The van der Waals surface area contributed by atoms with Crippen molar-refractivity contribution in [3.05, 3.63) is 70.5 Å². The van der Waals surface area contributed by atoms with Crippen LogP contribution in [0.1, 0.15) is 29.9 Å². The third kappa shape index (κ3) is 3.20. The van der Waals surface area contributed by atoms with Crippen LogP contribution in [0.25, 0.3) is 0 Å². The Morgan fingerprint density at radius 2 is 1.65 bits per heavy atom. The smallest absolute Gasteiger partial charge is 0.123 e. The standard InChI is InChI=1S/C17H17ClFN/c18-15-5-1-12(2-6-15)11-20-17-9-14(10-17)13-3-7-16(19)8-4-13/h1-8,14,17,20H,9-11H2. The maximum Gasteiger partial charge on any atom is 0.123 e. The molecule has 0 atom stereocenters. The Hall–Kier alpha value is -1.38. The molecule has 0 unspecified atom stereocenters. The van der Waals surface area contributed by atoms with Crippen LogP contribution in [0.15, 0.2) is 48.5 Å². The molecule has 0 aromatic heterocycles. The van der Waals surface area contributed by atoms with E-state index < -0.39 is 0 Å². The third-order valence-electron chi connectivity index (χ3n) is 3.99. The fourth-order valence-corrected chi connectivity index (χ4v) is 2.78. The maximum absolute atomic E-state index is 12.9. The van der Waals surface area contributed by atoms with Crippen molar-refractivity contribution >= 4 is 11.6 Å². The molecule has 0 radical (unpaired) electrons. The van der Waals surface area contributed by atoms with Crippen molar-refractivity contribution in [3.8, 4) is 0 Å². The van der Waals surface area contributed by atoms with Crippen molar-refractivity contribution in [3.63, 3.8) is 0 Å². The van der Waals surface area contributed by atoms with Crippen LogP contribution in [0.4, 0.5) is 4.39 Å². The summed E-state index contributed by atoms with van der Waals surface area (Å²) in [5.41, 5.74) is 2.50. The summed E-state index contributed by atoms with van der Waals surface area (Å²) < 4.78 is 12.9. The molecule has 1 aliphatic carbocycles. The molecule has 3 rings (SSSR count). The zero-order valence-electron chi connectivity index (χ0n) is 11.2. The van der Waals surface area contributed by atoms with E-state index in [1.807, 2.05) is 36.4 Å². The molecule has 1 nitrogen and oxygen atoms in total. The largest absolute Gasteiger partial charge is 0.310 e. The summed E-state index contributed by atoms with van der Waals surface area (Å²) in [5, 5.41) is 4.32. The van der Waals surface area contributed by atoms with Gasteiger partial charge in [-0.15, -0.1) is 0 Å². The molecule has 20 heavy (non-hydrogen) atoms. The fourth-order valence-electron chi connectivity index (χ4n) is 2.66. The highest BCUT2D eigenvalue weighted by Crippen LogP contribution is 2.36. The van der Waals surface area contributed by atoms with Gasteiger partial charge in [-0.3, -0.25) is 0 Å². The van der Waals surface area contributed by atoms with Gasteiger partial charge in [0, 0.05) is 17.6 Å². The molecule has 1 N–H and O–H groups in total. The van der Waals surface area contributed by atoms with Gasteiger partial charge in [0.2, 0.25) is 0 Å². The van der Waals surface area contributed by atoms with Crippen LogP contribution >= 0.6 is 11.6 Å². The highest BCUT2D eigenvalue weighted by molar-refractivity contribution is 6.30. The van der Waals surface area contributed by atoms with Gasteiger partial charge in [0.25, 0.3) is 0 Å². The number of hydrogen-bond acceptors (Lipinski definition) is 1. The van der Waals surface area contributed by atoms with Gasteiger partial charge in [-0.25, -0.2) is 4.39 Å². The van der Waals surface area contributed by atoms with E-state index in [9.17, 15) is 4.39 Å². The normalized spacial score (nSPS) is 21.5. The zero-order valence-corrected chi connectivity index (χ0v) is 11.9. The van der Waals surface area contributed by atoms with E-state index in [0.29, 0.717) is 12.0 Å². The lowest BCUT2D eigenvalue weighted by Crippen LogP contribution is -2.39. The Morgan fingerprint density at radius 1 is 1.00 bits per heavy atom. The van der Waals surface area contributed by atoms with Crippen molar-refractivity contribution in [1.29, 1.82) is 0 Å². The van der Waals surface area contributed by atoms with Crippen LogP contribution in [0, 0.1) is 5.82 Å². The maximum atomic E-state index is 12.9. The van der Waals surface area contributed by atoms with E-state index >= 15 is 0 Å². The van der Waals surface area contributed by atoms with Crippen molar-refractivity contribution in [1.82, 2.24) is 5.32 Å². The van der Waals surface area contributed by atoms with E-state index in [1.54, 1.807) is 12.1 Å². The minimum Gasteiger partial charge on any atom is -0.310 e. The van der Waals surface area contributed by atoms with Crippen LogP contribution in [0.3, 0.4) is 0 Å². The van der Waals surface area contributed by atoms with Crippen LogP contribution in [0.5, 0.6) is 0 Å². The molecule has 0 spiro atoms. The predicted molar refractivity (Wildman–Crippen MR) is 80.5 cm³/mol. The van der Waals surface area contributed by atoms with Gasteiger partial charge in [-0.2, -0.15) is 0 Å². The average Bonchev–Trinajstić information content (AvgIpc) is 2.41. The summed E-state index contributed by atoms with van der Waals surface area (Å²) in [6.45, 7) is 0.873. The number of halogens is 2. The Balaban J connectivity index is 1.46. The molecular formula is C17H17ClFN. The summed E-state index contributed by atoms with van der Waals surface area (Å²) in [4.78, 5) is 0. The first-order chi connectivity index (χ1) is 9.70. The van der Waals surface area contributed by atoms with Crippen molar-refractivity contribution in [2.24, 2.45) is 0 Å². The molecule has 0 saturated heterocycles. The zero-order chi connectivity index (χ0) is 13.9. The molecule has 3 heteroatoms. The summed E-state index contributed by atoms with van der Waals surface area (Å²) >= 11 is 5.86. The van der Waals surface area contributed by atoms with Crippen LogP contribution < -0.4 is 5.32 Å². The van der Waals surface area contributed by atoms with Crippen molar-refractivity contribution in [2.45, 2.75) is 31.3 Å². The summed E-state index contributed by atoms with van der Waals surface area (Å²) in [6.07, 6.45) is 2.25. The fraction of sp³-hybridized carbons (Fsp3) is 0.294. The van der Waals surface area contributed by atoms with Gasteiger partial charge in [-0.1, -0.05) is 35.9 Å². The third-order valence-corrected chi connectivity index (χ3v) is 4.24. The van der Waals surface area contributed by atoms with Gasteiger partial charge < -0.3 is 5.32 Å². The molecule has 2 aromatic carbocycles. The Labute approximate surface area is 123 Å². The lowest BCUT2D eigenvalue weighted by molar-refractivity contribution is 0.289. The SMILES string of the molecule is Fc1ccc(C2CC(NCc3ccc(Cl)cc3)C2)cc1. The molecule has 2 aromatic rings. The van der Waals surface area contributed by atoms with Gasteiger partial charge in [0.05, 0.1) is 0 Å². The summed E-state index contributed by atoms with van der Waals surface area (Å²) in [7, 11) is 0. The molecule has 104 valence electrons.